The number of aryl methyl sites for hydroxylation is 1. The Balaban J connectivity index is 2.13. The van der Waals surface area contributed by atoms with Crippen molar-refractivity contribution in [3.63, 3.8) is 0 Å². The van der Waals surface area contributed by atoms with Gasteiger partial charge in [-0.15, -0.1) is 11.3 Å². The molecule has 5 nitrogen and oxygen atoms in total. The summed E-state index contributed by atoms with van der Waals surface area (Å²) in [6.45, 7) is 5.49. The Bertz CT molecular complexity index is 807. The number of benzene rings is 1. The van der Waals surface area contributed by atoms with Gasteiger partial charge in [-0.3, -0.25) is 0 Å². The number of aromatic carboxylic acids is 1. The van der Waals surface area contributed by atoms with Crippen molar-refractivity contribution >= 4 is 32.9 Å². The maximum atomic E-state index is 12.2. The molecule has 0 spiro atoms. The topological polar surface area (TPSA) is 83.5 Å². The molecule has 0 amide bonds. The zero-order valence-electron chi connectivity index (χ0n) is 11.9. The molecule has 22 heavy (non-hydrogen) atoms. The Hall–Kier alpha value is -1.96. The third kappa shape index (κ3) is 3.62. The molecular weight excluding hydrogens is 322 g/mol. The van der Waals surface area contributed by atoms with Gasteiger partial charge >= 0.3 is 5.97 Å². The van der Waals surface area contributed by atoms with E-state index in [1.54, 1.807) is 6.92 Å². The molecule has 116 valence electrons. The number of carbonyl (C=O) groups is 1. The van der Waals surface area contributed by atoms with Gasteiger partial charge < -0.3 is 5.11 Å². The second-order valence-electron chi connectivity index (χ2n) is 4.68. The monoisotopic (exact) mass is 337 g/mol. The van der Waals surface area contributed by atoms with E-state index < -0.39 is 16.0 Å². The molecule has 2 N–H and O–H groups in total. The highest BCUT2D eigenvalue weighted by atomic mass is 32.2. The summed E-state index contributed by atoms with van der Waals surface area (Å²) in [6.07, 6.45) is 0. The van der Waals surface area contributed by atoms with Crippen molar-refractivity contribution in [1.29, 1.82) is 0 Å². The van der Waals surface area contributed by atoms with E-state index >= 15 is 0 Å². The molecule has 0 aliphatic carbocycles. The lowest BCUT2D eigenvalue weighted by atomic mass is 10.1. The van der Waals surface area contributed by atoms with Crippen LogP contribution in [0.25, 0.3) is 5.57 Å². The molecule has 2 rings (SSSR count). The Morgan fingerprint density at radius 3 is 2.50 bits per heavy atom. The number of sulfonamides is 1. The second-order valence-corrected chi connectivity index (χ2v) is 7.72. The van der Waals surface area contributed by atoms with Crippen molar-refractivity contribution in [3.8, 4) is 0 Å². The molecule has 0 aliphatic heterocycles. The van der Waals surface area contributed by atoms with E-state index in [2.05, 4.69) is 11.3 Å². The summed E-state index contributed by atoms with van der Waals surface area (Å²) in [5.41, 5.74) is 1.91. The minimum atomic E-state index is -3.75. The van der Waals surface area contributed by atoms with Crippen LogP contribution >= 0.6 is 11.3 Å². The van der Waals surface area contributed by atoms with Crippen molar-refractivity contribution < 1.29 is 18.3 Å². The van der Waals surface area contributed by atoms with Crippen molar-refractivity contribution in [2.45, 2.75) is 11.1 Å². The summed E-state index contributed by atoms with van der Waals surface area (Å²) in [4.78, 5) is 11.0. The van der Waals surface area contributed by atoms with Gasteiger partial charge in [-0.25, -0.2) is 17.9 Å². The van der Waals surface area contributed by atoms with E-state index in [9.17, 15) is 13.2 Å². The molecule has 0 fully saturated rings. The molecule has 2 aromatic rings. The summed E-state index contributed by atoms with van der Waals surface area (Å²) < 4.78 is 26.9. The van der Waals surface area contributed by atoms with Crippen LogP contribution in [0.2, 0.25) is 0 Å². The van der Waals surface area contributed by atoms with Gasteiger partial charge in [-0.05, 0) is 29.7 Å². The molecular formula is C15H15NO4S2. The number of carboxylic acids is 1. The SMILES string of the molecule is C=C(CNS(=O)(=O)c1cc(C)c(C(=O)O)s1)c1ccccc1. The van der Waals surface area contributed by atoms with Crippen molar-refractivity contribution in [1.82, 2.24) is 4.72 Å². The van der Waals surface area contributed by atoms with Crippen LogP contribution in [0.15, 0.2) is 47.2 Å². The zero-order valence-corrected chi connectivity index (χ0v) is 13.5. The lowest BCUT2D eigenvalue weighted by Gasteiger charge is -2.07. The van der Waals surface area contributed by atoms with Gasteiger partial charge in [0.2, 0.25) is 10.0 Å². The molecule has 1 aromatic carbocycles. The second kappa shape index (κ2) is 6.43. The van der Waals surface area contributed by atoms with Crippen LogP contribution in [0.4, 0.5) is 0 Å². The van der Waals surface area contributed by atoms with Gasteiger partial charge in [0.15, 0.2) is 0 Å². The molecule has 0 radical (unpaired) electrons. The van der Waals surface area contributed by atoms with Crippen LogP contribution in [0.1, 0.15) is 20.8 Å². The largest absolute Gasteiger partial charge is 0.477 e. The molecule has 0 saturated heterocycles. The number of carboxylic acid groups (broad SMARTS) is 1. The molecule has 0 aliphatic rings. The van der Waals surface area contributed by atoms with Crippen LogP contribution in [0, 0.1) is 6.92 Å². The predicted molar refractivity (Wildman–Crippen MR) is 86.7 cm³/mol. The predicted octanol–water partition coefficient (Wildman–Crippen LogP) is 2.75. The summed E-state index contributed by atoms with van der Waals surface area (Å²) in [5, 5.41) is 8.99. The Morgan fingerprint density at radius 2 is 1.95 bits per heavy atom. The fourth-order valence-electron chi connectivity index (χ4n) is 1.83. The highest BCUT2D eigenvalue weighted by Gasteiger charge is 2.21. The van der Waals surface area contributed by atoms with Crippen molar-refractivity contribution in [2.75, 3.05) is 6.54 Å². The van der Waals surface area contributed by atoms with Crippen LogP contribution in [0.3, 0.4) is 0 Å². The van der Waals surface area contributed by atoms with E-state index in [1.807, 2.05) is 30.3 Å². The fourth-order valence-corrected chi connectivity index (χ4v) is 4.27. The summed E-state index contributed by atoms with van der Waals surface area (Å²) in [7, 11) is -3.75. The van der Waals surface area contributed by atoms with Crippen molar-refractivity contribution in [3.05, 3.63) is 59.0 Å². The fraction of sp³-hybridized carbons (Fsp3) is 0.133. The summed E-state index contributed by atoms with van der Waals surface area (Å²) in [6, 6.07) is 10.6. The number of hydrogen-bond donors (Lipinski definition) is 2. The average Bonchev–Trinajstić information content (AvgIpc) is 2.89. The van der Waals surface area contributed by atoms with Crippen LogP contribution < -0.4 is 4.72 Å². The van der Waals surface area contributed by atoms with Crippen LogP contribution in [-0.2, 0) is 10.0 Å². The van der Waals surface area contributed by atoms with E-state index in [4.69, 9.17) is 5.11 Å². The average molecular weight is 337 g/mol. The maximum absolute atomic E-state index is 12.2. The smallest absolute Gasteiger partial charge is 0.346 e. The van der Waals surface area contributed by atoms with E-state index in [-0.39, 0.29) is 15.6 Å². The molecule has 0 bridgehead atoms. The lowest BCUT2D eigenvalue weighted by Crippen LogP contribution is -2.24. The van der Waals surface area contributed by atoms with E-state index in [0.29, 0.717) is 11.1 Å². The molecule has 0 atom stereocenters. The van der Waals surface area contributed by atoms with Crippen molar-refractivity contribution in [2.24, 2.45) is 0 Å². The zero-order chi connectivity index (χ0) is 16.3. The van der Waals surface area contributed by atoms with E-state index in [0.717, 1.165) is 16.9 Å². The molecule has 0 saturated carbocycles. The highest BCUT2D eigenvalue weighted by Crippen LogP contribution is 2.26. The minimum absolute atomic E-state index is 0.0109. The normalized spacial score (nSPS) is 11.3. The maximum Gasteiger partial charge on any atom is 0.346 e. The summed E-state index contributed by atoms with van der Waals surface area (Å²) >= 11 is 0.742. The lowest BCUT2D eigenvalue weighted by molar-refractivity contribution is 0.0701. The van der Waals surface area contributed by atoms with Gasteiger partial charge in [0.25, 0.3) is 0 Å². The van der Waals surface area contributed by atoms with Gasteiger partial charge in [0, 0.05) is 6.54 Å². The first-order chi connectivity index (χ1) is 10.3. The highest BCUT2D eigenvalue weighted by molar-refractivity contribution is 7.91. The number of rotatable bonds is 6. The standard InChI is InChI=1S/C15H15NO4S2/c1-10-8-13(21-14(10)15(17)18)22(19,20)16-9-11(2)12-6-4-3-5-7-12/h3-8,16H,2,9H2,1H3,(H,17,18). The van der Waals surface area contributed by atoms with Gasteiger partial charge in [0.05, 0.1) is 0 Å². The third-order valence-electron chi connectivity index (χ3n) is 3.01. The first-order valence-electron chi connectivity index (χ1n) is 6.38. The molecule has 7 heteroatoms. The first kappa shape index (κ1) is 16.4. The molecule has 1 aromatic heterocycles. The van der Waals surface area contributed by atoms with Crippen LogP contribution in [-0.4, -0.2) is 26.0 Å². The number of nitrogens with one attached hydrogen (secondary N) is 1. The number of hydrogen-bond acceptors (Lipinski definition) is 4. The minimum Gasteiger partial charge on any atom is -0.477 e. The first-order valence-corrected chi connectivity index (χ1v) is 8.68. The Kier molecular flexibility index (Phi) is 4.80. The Labute approximate surface area is 133 Å². The van der Waals surface area contributed by atoms with Gasteiger partial charge in [-0.2, -0.15) is 0 Å². The Morgan fingerprint density at radius 1 is 1.32 bits per heavy atom. The van der Waals surface area contributed by atoms with Gasteiger partial charge in [0.1, 0.15) is 9.09 Å². The quantitative estimate of drug-likeness (QED) is 0.849. The van der Waals surface area contributed by atoms with Gasteiger partial charge in [-0.1, -0.05) is 36.9 Å². The van der Waals surface area contributed by atoms with E-state index in [1.165, 1.54) is 6.07 Å². The molecule has 1 heterocycles. The summed E-state index contributed by atoms with van der Waals surface area (Å²) in [5.74, 6) is -1.13. The van der Waals surface area contributed by atoms with Crippen LogP contribution in [0.5, 0.6) is 0 Å². The number of thiophene rings is 1. The third-order valence-corrected chi connectivity index (χ3v) is 6.11. The molecule has 0 unspecified atom stereocenters.